The molecule has 0 radical (unpaired) electrons. The van der Waals surface area contributed by atoms with Crippen molar-refractivity contribution in [3.63, 3.8) is 0 Å². The van der Waals surface area contributed by atoms with Crippen molar-refractivity contribution in [3.8, 4) is 5.75 Å². The minimum Gasteiger partial charge on any atom is -0.497 e. The number of amides is 1. The molecule has 0 aliphatic carbocycles. The smallest absolute Gasteiger partial charge is 0.255 e. The van der Waals surface area contributed by atoms with Crippen LogP contribution in [0, 0.1) is 13.8 Å². The van der Waals surface area contributed by atoms with E-state index in [0.29, 0.717) is 12.0 Å². The average molecular weight is 394 g/mol. The van der Waals surface area contributed by atoms with Crippen molar-refractivity contribution in [3.05, 3.63) is 53.0 Å². The van der Waals surface area contributed by atoms with Gasteiger partial charge in [-0.25, -0.2) is 0 Å². The number of rotatable bonds is 4. The number of aromatic nitrogens is 2. The summed E-state index contributed by atoms with van der Waals surface area (Å²) in [6.07, 6.45) is 4.10. The van der Waals surface area contributed by atoms with E-state index in [2.05, 4.69) is 61.6 Å². The van der Waals surface area contributed by atoms with Crippen LogP contribution in [0.1, 0.15) is 66.0 Å². The second-order valence-corrected chi connectivity index (χ2v) is 8.47. The summed E-state index contributed by atoms with van der Waals surface area (Å²) in [5.74, 6) is 1.51. The summed E-state index contributed by atoms with van der Waals surface area (Å²) in [6, 6.07) is 8.58. The van der Waals surface area contributed by atoms with E-state index in [1.54, 1.807) is 7.11 Å². The van der Waals surface area contributed by atoms with Gasteiger partial charge in [-0.15, -0.1) is 0 Å². The zero-order valence-electron chi connectivity index (χ0n) is 18.1. The van der Waals surface area contributed by atoms with Crippen LogP contribution >= 0.6 is 0 Å². The Balaban J connectivity index is 1.50. The predicted molar refractivity (Wildman–Crippen MR) is 117 cm³/mol. The maximum atomic E-state index is 13.2. The molecule has 29 heavy (non-hydrogen) atoms. The molecule has 4 rings (SSSR count). The molecule has 0 spiro atoms. The Labute approximate surface area is 172 Å². The molecule has 1 fully saturated rings. The molecule has 0 saturated carbocycles. The average Bonchev–Trinajstić information content (AvgIpc) is 3.27. The number of piperidine rings is 1. The molecule has 5 heteroatoms. The number of methoxy groups -OCH3 is 1. The van der Waals surface area contributed by atoms with Crippen molar-refractivity contribution in [2.75, 3.05) is 20.2 Å². The third-order valence-corrected chi connectivity index (χ3v) is 6.37. The topological polar surface area (TPSA) is 50.3 Å². The van der Waals surface area contributed by atoms with Crippen LogP contribution in [0.3, 0.4) is 0 Å². The third-order valence-electron chi connectivity index (χ3n) is 6.37. The molecule has 1 N–H and O–H groups in total. The molecule has 0 atom stereocenters. The Kier molecular flexibility index (Phi) is 5.15. The van der Waals surface area contributed by atoms with Gasteiger partial charge in [0, 0.05) is 47.6 Å². The summed E-state index contributed by atoms with van der Waals surface area (Å²) in [5.41, 5.74) is 5.56. The van der Waals surface area contributed by atoms with Gasteiger partial charge in [0.05, 0.1) is 12.7 Å². The molecule has 154 valence electrons. The Bertz CT molecular complexity index is 1040. The van der Waals surface area contributed by atoms with Gasteiger partial charge in [-0.1, -0.05) is 0 Å². The second kappa shape index (κ2) is 7.62. The predicted octanol–water partition coefficient (Wildman–Crippen LogP) is 5.20. The molecular weight excluding hydrogens is 362 g/mol. The number of aryl methyl sites for hydroxylation is 1. The SMILES string of the molecule is COc1ccc2[nH]cc(C3CCN(C(=O)c4cc(C)n(C(C)C)c4C)CC3)c2c1. The minimum absolute atomic E-state index is 0.170. The molecule has 1 aliphatic heterocycles. The highest BCUT2D eigenvalue weighted by Crippen LogP contribution is 2.35. The van der Waals surface area contributed by atoms with Gasteiger partial charge in [-0.05, 0) is 76.3 Å². The maximum absolute atomic E-state index is 13.2. The molecule has 1 amide bonds. The number of H-pyrrole nitrogens is 1. The summed E-state index contributed by atoms with van der Waals surface area (Å²) in [4.78, 5) is 18.6. The Morgan fingerprint density at radius 2 is 1.90 bits per heavy atom. The van der Waals surface area contributed by atoms with Gasteiger partial charge in [0.2, 0.25) is 0 Å². The van der Waals surface area contributed by atoms with Crippen molar-refractivity contribution in [2.45, 2.75) is 52.5 Å². The van der Waals surface area contributed by atoms with Crippen molar-refractivity contribution >= 4 is 16.8 Å². The summed E-state index contributed by atoms with van der Waals surface area (Å²) >= 11 is 0. The van der Waals surface area contributed by atoms with E-state index in [1.807, 2.05) is 11.0 Å². The van der Waals surface area contributed by atoms with Crippen LogP contribution in [0.2, 0.25) is 0 Å². The van der Waals surface area contributed by atoms with E-state index >= 15 is 0 Å². The molecule has 1 saturated heterocycles. The summed E-state index contributed by atoms with van der Waals surface area (Å²) < 4.78 is 7.65. The number of hydrogen-bond donors (Lipinski definition) is 1. The standard InChI is InChI=1S/C24H31N3O2/c1-15(2)27-16(3)12-20(17(27)4)24(28)26-10-8-18(9-11-26)22-14-25-23-7-6-19(29-5)13-21(22)23/h6-7,12-15,18,25H,8-11H2,1-5H3. The van der Waals surface area contributed by atoms with Gasteiger partial charge in [-0.2, -0.15) is 0 Å². The normalized spacial score (nSPS) is 15.4. The van der Waals surface area contributed by atoms with Crippen LogP contribution in [0.25, 0.3) is 10.9 Å². The first-order chi connectivity index (χ1) is 13.9. The fraction of sp³-hybridized carbons (Fsp3) is 0.458. The lowest BCUT2D eigenvalue weighted by Gasteiger charge is -2.32. The number of benzene rings is 1. The zero-order chi connectivity index (χ0) is 20.7. The molecule has 1 aliphatic rings. The van der Waals surface area contributed by atoms with Crippen LogP contribution in [0.5, 0.6) is 5.75 Å². The minimum atomic E-state index is 0.170. The second-order valence-electron chi connectivity index (χ2n) is 8.47. The zero-order valence-corrected chi connectivity index (χ0v) is 18.1. The first-order valence-electron chi connectivity index (χ1n) is 10.5. The molecule has 5 nitrogen and oxygen atoms in total. The first kappa shape index (κ1) is 19.6. The Morgan fingerprint density at radius 3 is 2.52 bits per heavy atom. The van der Waals surface area contributed by atoms with E-state index in [9.17, 15) is 4.79 Å². The maximum Gasteiger partial charge on any atom is 0.255 e. The number of nitrogens with one attached hydrogen (secondary N) is 1. The van der Waals surface area contributed by atoms with E-state index < -0.39 is 0 Å². The summed E-state index contributed by atoms with van der Waals surface area (Å²) in [6.45, 7) is 10.1. The van der Waals surface area contributed by atoms with Crippen molar-refractivity contribution < 1.29 is 9.53 Å². The number of likely N-dealkylation sites (tertiary alicyclic amines) is 1. The monoisotopic (exact) mass is 393 g/mol. The van der Waals surface area contributed by atoms with Crippen molar-refractivity contribution in [1.29, 1.82) is 0 Å². The van der Waals surface area contributed by atoms with E-state index in [1.165, 1.54) is 10.9 Å². The largest absolute Gasteiger partial charge is 0.497 e. The highest BCUT2D eigenvalue weighted by Gasteiger charge is 2.28. The van der Waals surface area contributed by atoms with Gasteiger partial charge >= 0.3 is 0 Å². The lowest BCUT2D eigenvalue weighted by Crippen LogP contribution is -2.38. The number of carbonyl (C=O) groups is 1. The lowest BCUT2D eigenvalue weighted by atomic mass is 9.89. The molecule has 3 heterocycles. The summed E-state index contributed by atoms with van der Waals surface area (Å²) in [5, 5.41) is 1.23. The molecular formula is C24H31N3O2. The van der Waals surface area contributed by atoms with Crippen LogP contribution in [0.4, 0.5) is 0 Å². The lowest BCUT2D eigenvalue weighted by molar-refractivity contribution is 0.0712. The quantitative estimate of drug-likeness (QED) is 0.663. The molecule has 1 aromatic carbocycles. The summed E-state index contributed by atoms with van der Waals surface area (Å²) in [7, 11) is 1.70. The van der Waals surface area contributed by atoms with Crippen molar-refractivity contribution in [2.24, 2.45) is 0 Å². The fourth-order valence-corrected chi connectivity index (χ4v) is 4.94. The van der Waals surface area contributed by atoms with Gasteiger partial charge < -0.3 is 19.2 Å². The molecule has 0 bridgehead atoms. The van der Waals surface area contributed by atoms with E-state index in [0.717, 1.165) is 54.1 Å². The van der Waals surface area contributed by atoms with Crippen LogP contribution in [-0.2, 0) is 0 Å². The number of ether oxygens (including phenoxy) is 1. The third kappa shape index (κ3) is 3.43. The molecule has 2 aromatic heterocycles. The molecule has 0 unspecified atom stereocenters. The Hall–Kier alpha value is -2.69. The number of carbonyl (C=O) groups excluding carboxylic acids is 1. The number of aromatic amines is 1. The first-order valence-corrected chi connectivity index (χ1v) is 10.5. The van der Waals surface area contributed by atoms with Crippen LogP contribution in [-0.4, -0.2) is 40.6 Å². The van der Waals surface area contributed by atoms with E-state index in [-0.39, 0.29) is 5.91 Å². The van der Waals surface area contributed by atoms with Crippen molar-refractivity contribution in [1.82, 2.24) is 14.5 Å². The van der Waals surface area contributed by atoms with Gasteiger partial charge in [0.25, 0.3) is 5.91 Å². The Morgan fingerprint density at radius 1 is 1.17 bits per heavy atom. The van der Waals surface area contributed by atoms with Gasteiger partial charge in [0.15, 0.2) is 0 Å². The molecule has 3 aromatic rings. The van der Waals surface area contributed by atoms with E-state index in [4.69, 9.17) is 4.74 Å². The van der Waals surface area contributed by atoms with Crippen LogP contribution in [0.15, 0.2) is 30.5 Å². The fourth-order valence-electron chi connectivity index (χ4n) is 4.94. The highest BCUT2D eigenvalue weighted by molar-refractivity contribution is 5.96. The number of fused-ring (bicyclic) bond motifs is 1. The van der Waals surface area contributed by atoms with Gasteiger partial charge in [-0.3, -0.25) is 4.79 Å². The number of hydrogen-bond acceptors (Lipinski definition) is 2. The van der Waals surface area contributed by atoms with Crippen LogP contribution < -0.4 is 4.74 Å². The van der Waals surface area contributed by atoms with Gasteiger partial charge in [0.1, 0.15) is 5.75 Å². The highest BCUT2D eigenvalue weighted by atomic mass is 16.5. The number of nitrogens with zero attached hydrogens (tertiary/aromatic N) is 2.